The summed E-state index contributed by atoms with van der Waals surface area (Å²) >= 11 is 0. The molecular weight excluding hydrogens is 648 g/mol. The fraction of sp³-hybridized carbons (Fsp3) is 0.565. The maximum Gasteiger partial charge on any atom is 0.309 e. The lowest BCUT2D eigenvalue weighted by Crippen LogP contribution is -2.47. The van der Waals surface area contributed by atoms with Crippen LogP contribution in [-0.4, -0.2) is 25.5 Å². The van der Waals surface area contributed by atoms with E-state index in [2.05, 4.69) is 50.2 Å². The van der Waals surface area contributed by atoms with Crippen molar-refractivity contribution < 1.29 is 28.5 Å². The molecule has 0 unspecified atom stereocenters. The van der Waals surface area contributed by atoms with Gasteiger partial charge in [0.1, 0.15) is 11.5 Å². The van der Waals surface area contributed by atoms with Crippen LogP contribution < -0.4 is 9.47 Å². The molecule has 6 nitrogen and oxygen atoms in total. The van der Waals surface area contributed by atoms with Gasteiger partial charge in [-0.2, -0.15) is 0 Å². The van der Waals surface area contributed by atoms with Gasteiger partial charge < -0.3 is 18.9 Å². The average molecular weight is 703 g/mol. The van der Waals surface area contributed by atoms with Crippen molar-refractivity contribution in [1.82, 2.24) is 0 Å². The number of carbonyl (C=O) groups is 2. The monoisotopic (exact) mass is 702 g/mol. The van der Waals surface area contributed by atoms with Gasteiger partial charge in [0, 0.05) is 0 Å². The predicted molar refractivity (Wildman–Crippen MR) is 200 cm³/mol. The van der Waals surface area contributed by atoms with Gasteiger partial charge in [0.15, 0.2) is 0 Å². The molecule has 6 heteroatoms. The highest BCUT2D eigenvalue weighted by molar-refractivity contribution is 5.87. The van der Waals surface area contributed by atoms with Gasteiger partial charge >= 0.3 is 11.9 Å². The van der Waals surface area contributed by atoms with Gasteiger partial charge in [-0.25, -0.2) is 0 Å². The molecule has 0 aromatic heterocycles. The molecule has 3 aromatic carbocycles. The second-order valence-corrected chi connectivity index (χ2v) is 18.1. The quantitative estimate of drug-likeness (QED) is 0.138. The van der Waals surface area contributed by atoms with Crippen molar-refractivity contribution >= 4 is 11.9 Å². The van der Waals surface area contributed by atoms with Crippen LogP contribution in [0.3, 0.4) is 0 Å². The van der Waals surface area contributed by atoms with Gasteiger partial charge in [-0.05, 0) is 183 Å². The van der Waals surface area contributed by atoms with Crippen molar-refractivity contribution in [3.05, 3.63) is 71.8 Å². The lowest BCUT2D eigenvalue weighted by molar-refractivity contribution is -0.159. The van der Waals surface area contributed by atoms with Crippen LogP contribution >= 0.6 is 0 Å². The first-order chi connectivity index (χ1) is 25.2. The van der Waals surface area contributed by atoms with Crippen LogP contribution in [-0.2, 0) is 19.1 Å². The Morgan fingerprint density at radius 1 is 0.500 bits per heavy atom. The number of hydrogen-bond acceptors (Lipinski definition) is 6. The summed E-state index contributed by atoms with van der Waals surface area (Å²) in [5.74, 6) is 6.03. The van der Waals surface area contributed by atoms with Crippen molar-refractivity contribution in [2.24, 2.45) is 46.3 Å². The van der Waals surface area contributed by atoms with E-state index in [1.54, 1.807) is 0 Å². The van der Waals surface area contributed by atoms with Crippen LogP contribution in [0.25, 0.3) is 22.3 Å². The molecule has 0 atom stereocenters. The molecule has 0 radical (unpaired) electrons. The molecular formula is C46H54O6. The number of esters is 2. The Kier molecular flexibility index (Phi) is 8.86. The number of ether oxygens (including phenoxy) is 4. The normalized spacial score (nSPS) is 32.1. The second-order valence-electron chi connectivity index (χ2n) is 18.1. The average Bonchev–Trinajstić information content (AvgIpc) is 3.08. The lowest BCUT2D eigenvalue weighted by Gasteiger charge is -2.56. The molecule has 11 rings (SSSR count). The summed E-state index contributed by atoms with van der Waals surface area (Å²) in [6, 6.07) is 20.5. The highest BCUT2D eigenvalue weighted by Gasteiger charge is 2.53. The predicted octanol–water partition coefficient (Wildman–Crippen LogP) is 10.6. The maximum atomic E-state index is 13.0. The molecule has 8 bridgehead atoms. The van der Waals surface area contributed by atoms with E-state index >= 15 is 0 Å². The van der Waals surface area contributed by atoms with Gasteiger partial charge in [0.2, 0.25) is 13.6 Å². The van der Waals surface area contributed by atoms with E-state index in [0.29, 0.717) is 24.3 Å². The second kappa shape index (κ2) is 13.6. The highest BCUT2D eigenvalue weighted by atomic mass is 16.7. The van der Waals surface area contributed by atoms with Gasteiger partial charge in [-0.3, -0.25) is 9.59 Å². The molecule has 8 saturated carbocycles. The SMILES string of the molecule is Cc1c(OCOC(=O)CC23CC4CC(CC(C4)C2)C3)cccc1-c1ccccc1-c1cccc(OCOC(=O)CC23CC4CC(CC(C4)C2)C3)c1C. The van der Waals surface area contributed by atoms with E-state index in [9.17, 15) is 9.59 Å². The molecule has 0 spiro atoms. The minimum absolute atomic E-state index is 0.0806. The molecule has 0 N–H and O–H groups in total. The van der Waals surface area contributed by atoms with Crippen molar-refractivity contribution in [3.63, 3.8) is 0 Å². The van der Waals surface area contributed by atoms with E-state index < -0.39 is 0 Å². The Balaban J connectivity index is 0.835. The topological polar surface area (TPSA) is 71.1 Å². The largest absolute Gasteiger partial charge is 0.457 e. The first kappa shape index (κ1) is 34.0. The molecule has 52 heavy (non-hydrogen) atoms. The van der Waals surface area contributed by atoms with Crippen LogP contribution in [0.1, 0.15) is 101 Å². The van der Waals surface area contributed by atoms with E-state index in [1.165, 1.54) is 77.0 Å². The Labute approximate surface area is 309 Å². The molecule has 8 aliphatic carbocycles. The summed E-state index contributed by atoms with van der Waals surface area (Å²) in [7, 11) is 0. The smallest absolute Gasteiger partial charge is 0.309 e. The summed E-state index contributed by atoms with van der Waals surface area (Å²) in [5.41, 5.74) is 6.55. The minimum atomic E-state index is -0.129. The fourth-order valence-corrected chi connectivity index (χ4v) is 13.1. The highest BCUT2D eigenvalue weighted by Crippen LogP contribution is 2.62. The van der Waals surface area contributed by atoms with E-state index in [0.717, 1.165) is 68.9 Å². The first-order valence-electron chi connectivity index (χ1n) is 20.1. The van der Waals surface area contributed by atoms with Crippen LogP contribution in [0.15, 0.2) is 60.7 Å². The van der Waals surface area contributed by atoms with Gasteiger partial charge in [0.25, 0.3) is 0 Å². The molecule has 3 aromatic rings. The van der Waals surface area contributed by atoms with Gasteiger partial charge in [0.05, 0.1) is 12.8 Å². The zero-order chi connectivity index (χ0) is 35.5. The van der Waals surface area contributed by atoms with Crippen LogP contribution in [0.2, 0.25) is 0 Å². The third-order valence-electron chi connectivity index (χ3n) is 14.3. The summed E-state index contributed by atoms with van der Waals surface area (Å²) in [6.45, 7) is 3.96. The van der Waals surface area contributed by atoms with Gasteiger partial charge in [-0.1, -0.05) is 48.5 Å². The Morgan fingerprint density at radius 3 is 1.17 bits per heavy atom. The zero-order valence-corrected chi connectivity index (χ0v) is 31.0. The molecule has 0 heterocycles. The van der Waals surface area contributed by atoms with Crippen LogP contribution in [0, 0.1) is 60.2 Å². The molecule has 0 aliphatic heterocycles. The molecule has 274 valence electrons. The van der Waals surface area contributed by atoms with Crippen molar-refractivity contribution in [1.29, 1.82) is 0 Å². The Bertz CT molecular complexity index is 1640. The van der Waals surface area contributed by atoms with Crippen molar-refractivity contribution in [3.8, 4) is 33.8 Å². The zero-order valence-electron chi connectivity index (χ0n) is 31.0. The maximum absolute atomic E-state index is 13.0. The van der Waals surface area contributed by atoms with Crippen molar-refractivity contribution in [2.75, 3.05) is 13.6 Å². The Morgan fingerprint density at radius 2 is 0.827 bits per heavy atom. The molecule has 0 saturated heterocycles. The van der Waals surface area contributed by atoms with E-state index in [4.69, 9.17) is 18.9 Å². The third-order valence-corrected chi connectivity index (χ3v) is 14.3. The van der Waals surface area contributed by atoms with Gasteiger partial charge in [-0.15, -0.1) is 0 Å². The van der Waals surface area contributed by atoms with Crippen LogP contribution in [0.5, 0.6) is 11.5 Å². The number of carbonyl (C=O) groups excluding carboxylic acids is 2. The van der Waals surface area contributed by atoms with Crippen molar-refractivity contribution in [2.45, 2.75) is 104 Å². The summed E-state index contributed by atoms with van der Waals surface area (Å²) < 4.78 is 23.6. The fourth-order valence-electron chi connectivity index (χ4n) is 13.1. The van der Waals surface area contributed by atoms with Crippen LogP contribution in [0.4, 0.5) is 0 Å². The number of hydrogen-bond donors (Lipinski definition) is 0. The van der Waals surface area contributed by atoms with E-state index in [-0.39, 0.29) is 36.4 Å². The van der Waals surface area contributed by atoms with E-state index in [1.807, 2.05) is 24.3 Å². The molecule has 8 aliphatic rings. The summed E-state index contributed by atoms with van der Waals surface area (Å²) in [6.07, 6.45) is 16.4. The molecule has 8 fully saturated rings. The number of benzene rings is 3. The lowest BCUT2D eigenvalue weighted by atomic mass is 9.49. The molecule has 0 amide bonds. The standard InChI is InChI=1S/C46H54O6/c1-29-37(9-5-11-41(29)49-27-51-43(47)25-45-19-31-13-32(20-45)15-33(14-31)21-45)39-7-3-4-8-40(39)38-10-6-12-42(30(38)2)50-28-52-44(48)26-46-22-34-16-35(23-46)18-36(17-34)24-46/h3-12,31-36H,13-28H2,1-2H3. The Hall–Kier alpha value is -3.80. The third kappa shape index (κ3) is 6.64. The summed E-state index contributed by atoms with van der Waals surface area (Å²) in [5, 5.41) is 0. The summed E-state index contributed by atoms with van der Waals surface area (Å²) in [4.78, 5) is 26.1. The first-order valence-corrected chi connectivity index (χ1v) is 20.1. The number of rotatable bonds is 12. The minimum Gasteiger partial charge on any atom is -0.457 e.